The van der Waals surface area contributed by atoms with Crippen LogP contribution in [0.15, 0.2) is 24.3 Å². The summed E-state index contributed by atoms with van der Waals surface area (Å²) in [5, 5.41) is 17.1. The molecule has 0 unspecified atom stereocenters. The van der Waals surface area contributed by atoms with Gasteiger partial charge in [-0.3, -0.25) is 9.59 Å². The monoisotopic (exact) mass is 621 g/mol. The van der Waals surface area contributed by atoms with Gasteiger partial charge < -0.3 is 10.2 Å². The zero-order chi connectivity index (χ0) is 32.6. The molecular weight excluding hydrogens is 544 g/mol. The molecule has 0 aromatic rings. The first-order chi connectivity index (χ1) is 21.5. The molecule has 0 heterocycles. The predicted molar refractivity (Wildman–Crippen MR) is 193 cm³/mol. The van der Waals surface area contributed by atoms with E-state index in [0.29, 0.717) is 12.8 Å². The van der Waals surface area contributed by atoms with Gasteiger partial charge in [0.25, 0.3) is 0 Å². The van der Waals surface area contributed by atoms with Crippen molar-refractivity contribution in [3.8, 4) is 0 Å². The van der Waals surface area contributed by atoms with Gasteiger partial charge in [0.1, 0.15) is 0 Å². The maximum Gasteiger partial charge on any atom is 0.303 e. The molecule has 0 spiro atoms. The second kappa shape index (κ2) is 41.4. The van der Waals surface area contributed by atoms with Crippen molar-refractivity contribution in [2.45, 2.75) is 219 Å². The second-order valence-corrected chi connectivity index (χ2v) is 12.9. The van der Waals surface area contributed by atoms with Crippen molar-refractivity contribution >= 4 is 11.9 Å². The normalized spacial score (nSPS) is 11.3. The minimum Gasteiger partial charge on any atom is -0.481 e. The fourth-order valence-corrected chi connectivity index (χ4v) is 5.40. The molecule has 0 radical (unpaired) electrons. The van der Waals surface area contributed by atoms with E-state index in [4.69, 9.17) is 10.2 Å². The van der Waals surface area contributed by atoms with Gasteiger partial charge in [0.15, 0.2) is 0 Å². The summed E-state index contributed by atoms with van der Waals surface area (Å²) >= 11 is 0. The van der Waals surface area contributed by atoms with E-state index < -0.39 is 11.9 Å². The summed E-state index contributed by atoms with van der Waals surface area (Å²) in [5.41, 5.74) is 0. The van der Waals surface area contributed by atoms with Crippen LogP contribution in [0.1, 0.15) is 219 Å². The average Bonchev–Trinajstić information content (AvgIpc) is 3.00. The summed E-state index contributed by atoms with van der Waals surface area (Å²) in [5.74, 6) is -1.32. The number of rotatable bonds is 34. The number of allylic oxidation sites excluding steroid dienone is 4. The smallest absolute Gasteiger partial charge is 0.303 e. The van der Waals surface area contributed by atoms with Crippen molar-refractivity contribution in [1.29, 1.82) is 0 Å². The van der Waals surface area contributed by atoms with Crippen molar-refractivity contribution in [3.05, 3.63) is 24.3 Å². The number of unbranched alkanes of at least 4 members (excludes halogenated alkanes) is 26. The van der Waals surface area contributed by atoms with E-state index in [-0.39, 0.29) is 0 Å². The van der Waals surface area contributed by atoms with Crippen LogP contribution in [0.25, 0.3) is 0 Å². The molecule has 44 heavy (non-hydrogen) atoms. The number of carboxylic acid groups (broad SMARTS) is 2. The van der Waals surface area contributed by atoms with Crippen molar-refractivity contribution in [3.63, 3.8) is 0 Å². The molecular formula is C40H76O4. The fourth-order valence-electron chi connectivity index (χ4n) is 5.40. The van der Waals surface area contributed by atoms with Gasteiger partial charge in [-0.2, -0.15) is 0 Å². The summed E-state index contributed by atoms with van der Waals surface area (Å²) in [6.07, 6.45) is 48.4. The van der Waals surface area contributed by atoms with E-state index in [0.717, 1.165) is 25.7 Å². The summed E-state index contributed by atoms with van der Waals surface area (Å²) in [6.45, 7) is 4.53. The van der Waals surface area contributed by atoms with Crippen LogP contribution in [0.3, 0.4) is 0 Å². The highest BCUT2D eigenvalue weighted by Crippen LogP contribution is 2.13. The lowest BCUT2D eigenvalue weighted by Gasteiger charge is -2.01. The molecule has 0 aromatic carbocycles. The minimum atomic E-state index is -0.664. The number of hydrogen-bond donors (Lipinski definition) is 2. The summed E-state index contributed by atoms with van der Waals surface area (Å²) in [4.78, 5) is 20.7. The van der Waals surface area contributed by atoms with E-state index >= 15 is 0 Å². The SMILES string of the molecule is CCCCCCCC/C=C\CCCCCCCC(=O)O.CCCCCCCC/C=C\CCCCCCCCCCCC(=O)O. The molecule has 0 rings (SSSR count). The van der Waals surface area contributed by atoms with Gasteiger partial charge in [0.05, 0.1) is 0 Å². The highest BCUT2D eigenvalue weighted by atomic mass is 16.4. The van der Waals surface area contributed by atoms with Gasteiger partial charge in [0.2, 0.25) is 0 Å². The summed E-state index contributed by atoms with van der Waals surface area (Å²) in [7, 11) is 0. The van der Waals surface area contributed by atoms with E-state index in [1.54, 1.807) is 0 Å². The maximum atomic E-state index is 10.4. The maximum absolute atomic E-state index is 10.4. The van der Waals surface area contributed by atoms with Crippen molar-refractivity contribution in [1.82, 2.24) is 0 Å². The summed E-state index contributed by atoms with van der Waals surface area (Å²) in [6, 6.07) is 0. The second-order valence-electron chi connectivity index (χ2n) is 12.9. The topological polar surface area (TPSA) is 74.6 Å². The van der Waals surface area contributed by atoms with Gasteiger partial charge in [0, 0.05) is 12.8 Å². The van der Waals surface area contributed by atoms with Gasteiger partial charge in [-0.15, -0.1) is 0 Å². The third-order valence-electron chi connectivity index (χ3n) is 8.30. The van der Waals surface area contributed by atoms with Crippen LogP contribution < -0.4 is 0 Å². The number of carbonyl (C=O) groups is 2. The van der Waals surface area contributed by atoms with Gasteiger partial charge in [-0.05, 0) is 64.2 Å². The molecule has 0 fully saturated rings. The van der Waals surface area contributed by atoms with E-state index in [9.17, 15) is 9.59 Å². The zero-order valence-electron chi connectivity index (χ0n) is 29.6. The Morgan fingerprint density at radius 2 is 0.545 bits per heavy atom. The lowest BCUT2D eigenvalue weighted by atomic mass is 10.1. The van der Waals surface area contributed by atoms with Crippen LogP contribution in [0.5, 0.6) is 0 Å². The molecule has 260 valence electrons. The van der Waals surface area contributed by atoms with Crippen LogP contribution in [0.4, 0.5) is 0 Å². The van der Waals surface area contributed by atoms with E-state index in [1.807, 2.05) is 0 Å². The van der Waals surface area contributed by atoms with Crippen LogP contribution in [-0.2, 0) is 9.59 Å². The van der Waals surface area contributed by atoms with Crippen molar-refractivity contribution in [2.24, 2.45) is 0 Å². The summed E-state index contributed by atoms with van der Waals surface area (Å²) < 4.78 is 0. The van der Waals surface area contributed by atoms with Gasteiger partial charge >= 0.3 is 11.9 Å². The van der Waals surface area contributed by atoms with E-state index in [1.165, 1.54) is 167 Å². The third kappa shape index (κ3) is 47.4. The Kier molecular flexibility index (Phi) is 41.9. The van der Waals surface area contributed by atoms with Crippen LogP contribution >= 0.6 is 0 Å². The molecule has 0 atom stereocenters. The molecule has 0 saturated carbocycles. The molecule has 0 aliphatic heterocycles. The van der Waals surface area contributed by atoms with Gasteiger partial charge in [-0.25, -0.2) is 0 Å². The Morgan fingerprint density at radius 3 is 0.773 bits per heavy atom. The Hall–Kier alpha value is -1.58. The lowest BCUT2D eigenvalue weighted by molar-refractivity contribution is -0.138. The van der Waals surface area contributed by atoms with Crippen LogP contribution in [-0.4, -0.2) is 22.2 Å². The molecule has 0 bridgehead atoms. The molecule has 0 amide bonds. The third-order valence-corrected chi connectivity index (χ3v) is 8.30. The highest BCUT2D eigenvalue weighted by Gasteiger charge is 1.97. The Bertz CT molecular complexity index is 625. The van der Waals surface area contributed by atoms with E-state index in [2.05, 4.69) is 38.2 Å². The van der Waals surface area contributed by atoms with Crippen molar-refractivity contribution < 1.29 is 19.8 Å². The minimum absolute atomic E-state index is 0.332. The van der Waals surface area contributed by atoms with Crippen LogP contribution in [0.2, 0.25) is 0 Å². The molecule has 0 saturated heterocycles. The standard InChI is InChI=1S/C22H42O2.C18H34O2/c1-2-3-4-5-6-7-8-9-10-11-12-13-14-15-16-17-18-19-20-21-22(23)24;1-2-3-4-5-6-7-8-9-10-11-12-13-14-15-16-17-18(19)20/h9-10H,2-8,11-21H2,1H3,(H,23,24);9-10H,2-8,11-17H2,1H3,(H,19,20)/b2*10-9-. The Balaban J connectivity index is 0. The highest BCUT2D eigenvalue weighted by molar-refractivity contribution is 5.66. The van der Waals surface area contributed by atoms with Gasteiger partial charge in [-0.1, -0.05) is 167 Å². The average molecular weight is 621 g/mol. The molecule has 4 nitrogen and oxygen atoms in total. The Morgan fingerprint density at radius 1 is 0.341 bits per heavy atom. The molecule has 2 N–H and O–H groups in total. The van der Waals surface area contributed by atoms with Crippen LogP contribution in [0, 0.1) is 0 Å². The first-order valence-electron chi connectivity index (χ1n) is 19.3. The zero-order valence-corrected chi connectivity index (χ0v) is 29.6. The molecule has 0 aromatic heterocycles. The molecule has 4 heteroatoms. The first-order valence-corrected chi connectivity index (χ1v) is 19.3. The first kappa shape index (κ1) is 44.5. The quantitative estimate of drug-likeness (QED) is 0.0554. The fraction of sp³-hybridized carbons (Fsp3) is 0.850. The number of hydrogen-bond acceptors (Lipinski definition) is 2. The largest absolute Gasteiger partial charge is 0.481 e. The van der Waals surface area contributed by atoms with Crippen molar-refractivity contribution in [2.75, 3.05) is 0 Å². The predicted octanol–water partition coefficient (Wildman–Crippen LogP) is 13.8. The molecule has 0 aliphatic carbocycles. The number of carboxylic acids is 2. The number of aliphatic carboxylic acids is 2. The molecule has 0 aliphatic rings. The lowest BCUT2D eigenvalue weighted by Crippen LogP contribution is -1.93. The Labute approximate surface area is 275 Å².